The molecular formula is C13H18O2. The minimum absolute atomic E-state index is 0.0823. The van der Waals surface area contributed by atoms with Gasteiger partial charge in [-0.25, -0.2) is 0 Å². The van der Waals surface area contributed by atoms with E-state index >= 15 is 0 Å². The van der Waals surface area contributed by atoms with Crippen LogP contribution in [0.25, 0.3) is 0 Å². The zero-order valence-corrected chi connectivity index (χ0v) is 9.53. The van der Waals surface area contributed by atoms with Gasteiger partial charge < -0.3 is 5.11 Å². The number of carbonyl (C=O) groups is 1. The average molecular weight is 206 g/mol. The first kappa shape index (κ1) is 11.9. The largest absolute Gasteiger partial charge is 0.388 e. The van der Waals surface area contributed by atoms with Crippen molar-refractivity contribution in [1.29, 1.82) is 0 Å². The van der Waals surface area contributed by atoms with Crippen LogP contribution in [0.15, 0.2) is 30.3 Å². The topological polar surface area (TPSA) is 37.3 Å². The number of carbonyl (C=O) groups excluding carboxylic acids is 1. The summed E-state index contributed by atoms with van der Waals surface area (Å²) in [6.07, 6.45) is -0.494. The average Bonchev–Trinajstić information content (AvgIpc) is 2.17. The van der Waals surface area contributed by atoms with E-state index < -0.39 is 6.10 Å². The second-order valence-corrected chi connectivity index (χ2v) is 4.80. The van der Waals surface area contributed by atoms with Crippen LogP contribution in [0.1, 0.15) is 38.9 Å². The molecule has 0 heterocycles. The molecule has 0 aliphatic heterocycles. The molecule has 1 unspecified atom stereocenters. The van der Waals surface area contributed by atoms with Gasteiger partial charge in [-0.1, -0.05) is 51.1 Å². The summed E-state index contributed by atoms with van der Waals surface area (Å²) < 4.78 is 0. The number of rotatable bonds is 3. The number of Topliss-reactive ketones (excluding diaryl/α,β-unsaturated/α-hetero) is 1. The Labute approximate surface area is 90.9 Å². The number of ketones is 1. The minimum Gasteiger partial charge on any atom is -0.388 e. The third-order valence-electron chi connectivity index (χ3n) is 2.40. The van der Waals surface area contributed by atoms with E-state index in [9.17, 15) is 9.90 Å². The summed E-state index contributed by atoms with van der Waals surface area (Å²) in [4.78, 5) is 11.7. The van der Waals surface area contributed by atoms with E-state index in [1.807, 2.05) is 51.1 Å². The third-order valence-corrected chi connectivity index (χ3v) is 2.40. The van der Waals surface area contributed by atoms with Crippen molar-refractivity contribution in [2.75, 3.05) is 0 Å². The van der Waals surface area contributed by atoms with E-state index in [0.29, 0.717) is 0 Å². The van der Waals surface area contributed by atoms with Gasteiger partial charge in [-0.05, 0) is 5.56 Å². The lowest BCUT2D eigenvalue weighted by Gasteiger charge is -2.19. The van der Waals surface area contributed by atoms with E-state index in [-0.39, 0.29) is 17.6 Å². The van der Waals surface area contributed by atoms with E-state index in [1.54, 1.807) is 0 Å². The summed E-state index contributed by atoms with van der Waals surface area (Å²) in [7, 11) is 0. The van der Waals surface area contributed by atoms with Gasteiger partial charge in [0.05, 0.1) is 6.10 Å². The van der Waals surface area contributed by atoms with Crippen LogP contribution in [0, 0.1) is 5.41 Å². The first-order valence-electron chi connectivity index (χ1n) is 5.17. The molecule has 0 bridgehead atoms. The fraction of sp³-hybridized carbons (Fsp3) is 0.462. The lowest BCUT2D eigenvalue weighted by atomic mass is 9.86. The number of hydrogen-bond donors (Lipinski definition) is 1. The Kier molecular flexibility index (Phi) is 3.64. The summed E-state index contributed by atoms with van der Waals surface area (Å²) in [5.74, 6) is 0.0823. The van der Waals surface area contributed by atoms with Crippen molar-refractivity contribution in [3.63, 3.8) is 0 Å². The maximum atomic E-state index is 11.7. The van der Waals surface area contributed by atoms with E-state index in [1.165, 1.54) is 0 Å². The summed E-state index contributed by atoms with van der Waals surface area (Å²) in [6.45, 7) is 5.60. The summed E-state index contributed by atoms with van der Waals surface area (Å²) in [5, 5.41) is 9.83. The van der Waals surface area contributed by atoms with Crippen molar-refractivity contribution in [3.05, 3.63) is 35.9 Å². The maximum Gasteiger partial charge on any atom is 0.141 e. The van der Waals surface area contributed by atoms with Crippen LogP contribution in [0.3, 0.4) is 0 Å². The zero-order valence-electron chi connectivity index (χ0n) is 9.53. The Hall–Kier alpha value is -1.15. The zero-order chi connectivity index (χ0) is 11.5. The Bertz CT molecular complexity index is 322. The van der Waals surface area contributed by atoms with Gasteiger partial charge in [0.1, 0.15) is 5.78 Å². The second kappa shape index (κ2) is 4.58. The fourth-order valence-electron chi connectivity index (χ4n) is 1.27. The predicted octanol–water partition coefficient (Wildman–Crippen LogP) is 2.73. The first-order valence-corrected chi connectivity index (χ1v) is 5.17. The van der Waals surface area contributed by atoms with Crippen LogP contribution >= 0.6 is 0 Å². The number of aliphatic hydroxyl groups is 1. The van der Waals surface area contributed by atoms with Crippen LogP contribution in [-0.2, 0) is 4.79 Å². The maximum absolute atomic E-state index is 11.7. The quantitative estimate of drug-likeness (QED) is 0.825. The highest BCUT2D eigenvalue weighted by Crippen LogP contribution is 2.23. The lowest BCUT2D eigenvalue weighted by molar-refractivity contribution is -0.128. The lowest BCUT2D eigenvalue weighted by Crippen LogP contribution is -2.22. The van der Waals surface area contributed by atoms with Crippen LogP contribution in [0.4, 0.5) is 0 Å². The van der Waals surface area contributed by atoms with Gasteiger partial charge in [-0.3, -0.25) is 4.79 Å². The highest BCUT2D eigenvalue weighted by atomic mass is 16.3. The van der Waals surface area contributed by atoms with Gasteiger partial charge in [0.15, 0.2) is 0 Å². The summed E-state index contributed by atoms with van der Waals surface area (Å²) >= 11 is 0. The molecule has 0 aromatic heterocycles. The first-order chi connectivity index (χ1) is 6.91. The molecular weight excluding hydrogens is 188 g/mol. The van der Waals surface area contributed by atoms with Crippen molar-refractivity contribution in [2.45, 2.75) is 33.3 Å². The smallest absolute Gasteiger partial charge is 0.141 e. The van der Waals surface area contributed by atoms with Crippen LogP contribution in [-0.4, -0.2) is 10.9 Å². The number of hydrogen-bond acceptors (Lipinski definition) is 2. The van der Waals surface area contributed by atoms with Crippen molar-refractivity contribution in [1.82, 2.24) is 0 Å². The molecule has 0 saturated carbocycles. The molecule has 1 atom stereocenters. The van der Waals surface area contributed by atoms with Gasteiger partial charge in [-0.2, -0.15) is 0 Å². The van der Waals surface area contributed by atoms with Crippen LogP contribution < -0.4 is 0 Å². The van der Waals surface area contributed by atoms with Gasteiger partial charge in [-0.15, -0.1) is 0 Å². The van der Waals surface area contributed by atoms with Gasteiger partial charge >= 0.3 is 0 Å². The van der Waals surface area contributed by atoms with Crippen molar-refractivity contribution < 1.29 is 9.90 Å². The Morgan fingerprint density at radius 2 is 1.80 bits per heavy atom. The molecule has 1 aromatic rings. The molecule has 2 nitrogen and oxygen atoms in total. The third kappa shape index (κ3) is 3.48. The standard InChI is InChI=1S/C13H18O2/c1-13(2,3)12(15)9-11(14)10-7-5-4-6-8-10/h4-8,11,14H,9H2,1-3H3. The molecule has 82 valence electrons. The Morgan fingerprint density at radius 1 is 1.27 bits per heavy atom. The van der Waals surface area contributed by atoms with Gasteiger partial charge in [0.2, 0.25) is 0 Å². The second-order valence-electron chi connectivity index (χ2n) is 4.80. The predicted molar refractivity (Wildman–Crippen MR) is 60.5 cm³/mol. The number of benzene rings is 1. The monoisotopic (exact) mass is 206 g/mol. The van der Waals surface area contributed by atoms with E-state index in [2.05, 4.69) is 0 Å². The highest BCUT2D eigenvalue weighted by Gasteiger charge is 2.24. The van der Waals surface area contributed by atoms with Crippen molar-refractivity contribution >= 4 is 5.78 Å². The van der Waals surface area contributed by atoms with Gasteiger partial charge in [0.25, 0.3) is 0 Å². The molecule has 0 saturated heterocycles. The molecule has 1 N–H and O–H groups in total. The molecule has 2 heteroatoms. The SMILES string of the molecule is CC(C)(C)C(=O)CC(O)c1ccccc1. The Balaban J connectivity index is 2.65. The minimum atomic E-state index is -0.682. The summed E-state index contributed by atoms with van der Waals surface area (Å²) in [5.41, 5.74) is 0.422. The fourth-order valence-corrected chi connectivity index (χ4v) is 1.27. The van der Waals surface area contributed by atoms with E-state index in [4.69, 9.17) is 0 Å². The molecule has 0 aliphatic carbocycles. The molecule has 0 radical (unpaired) electrons. The molecule has 0 aliphatic rings. The van der Waals surface area contributed by atoms with Gasteiger partial charge in [0, 0.05) is 11.8 Å². The molecule has 0 fully saturated rings. The molecule has 0 spiro atoms. The van der Waals surface area contributed by atoms with Crippen molar-refractivity contribution in [2.24, 2.45) is 5.41 Å². The summed E-state index contributed by atoms with van der Waals surface area (Å²) in [6, 6.07) is 9.28. The molecule has 15 heavy (non-hydrogen) atoms. The number of aliphatic hydroxyl groups excluding tert-OH is 1. The normalized spacial score (nSPS) is 13.6. The Morgan fingerprint density at radius 3 is 2.27 bits per heavy atom. The van der Waals surface area contributed by atoms with Crippen molar-refractivity contribution in [3.8, 4) is 0 Å². The highest BCUT2D eigenvalue weighted by molar-refractivity contribution is 5.84. The molecule has 1 rings (SSSR count). The van der Waals surface area contributed by atoms with Crippen LogP contribution in [0.5, 0.6) is 0 Å². The van der Waals surface area contributed by atoms with E-state index in [0.717, 1.165) is 5.56 Å². The molecule has 0 amide bonds. The molecule has 1 aromatic carbocycles. The van der Waals surface area contributed by atoms with Crippen LogP contribution in [0.2, 0.25) is 0 Å².